The highest BCUT2D eigenvalue weighted by Gasteiger charge is 2.29. The minimum Gasteiger partial charge on any atom is -0.493 e. The number of benzene rings is 2. The molecule has 2 aromatic rings. The minimum absolute atomic E-state index is 0.164. The van der Waals surface area contributed by atoms with Gasteiger partial charge in [0.2, 0.25) is 5.91 Å². The molecule has 2 amide bonds. The van der Waals surface area contributed by atoms with E-state index in [1.54, 1.807) is 43.3 Å². The summed E-state index contributed by atoms with van der Waals surface area (Å²) >= 11 is 12.2. The first-order valence-electron chi connectivity index (χ1n) is 10.7. The maximum absolute atomic E-state index is 13.2. The lowest BCUT2D eigenvalue weighted by molar-refractivity contribution is -0.142. The largest absolute Gasteiger partial charge is 0.493 e. The summed E-state index contributed by atoms with van der Waals surface area (Å²) in [5.41, 5.74) is 0.769. The van der Waals surface area contributed by atoms with E-state index in [0.717, 1.165) is 31.2 Å². The van der Waals surface area contributed by atoms with Crippen LogP contribution in [-0.2, 0) is 16.1 Å². The summed E-state index contributed by atoms with van der Waals surface area (Å²) in [6.07, 6.45) is 4.15. The molecule has 2 aromatic carbocycles. The van der Waals surface area contributed by atoms with Gasteiger partial charge < -0.3 is 19.7 Å². The maximum atomic E-state index is 13.2. The highest BCUT2D eigenvalue weighted by molar-refractivity contribution is 6.42. The summed E-state index contributed by atoms with van der Waals surface area (Å²) in [5.74, 6) is 0.489. The average Bonchev–Trinajstić information content (AvgIpc) is 3.30. The van der Waals surface area contributed by atoms with Gasteiger partial charge in [-0.2, -0.15) is 0 Å². The van der Waals surface area contributed by atoms with Crippen LogP contribution in [0.5, 0.6) is 11.5 Å². The van der Waals surface area contributed by atoms with Gasteiger partial charge in [-0.3, -0.25) is 9.59 Å². The Kier molecular flexibility index (Phi) is 8.65. The molecular weight excluding hydrogens is 451 g/mol. The van der Waals surface area contributed by atoms with Gasteiger partial charge >= 0.3 is 0 Å². The van der Waals surface area contributed by atoms with Crippen LogP contribution in [-0.4, -0.2) is 42.5 Å². The third-order valence-electron chi connectivity index (χ3n) is 5.63. The molecule has 1 aliphatic rings. The number of hydrogen-bond donors (Lipinski definition) is 1. The Labute approximate surface area is 198 Å². The van der Waals surface area contributed by atoms with Crippen molar-refractivity contribution in [1.82, 2.24) is 10.2 Å². The predicted molar refractivity (Wildman–Crippen MR) is 125 cm³/mol. The van der Waals surface area contributed by atoms with E-state index in [4.69, 9.17) is 32.7 Å². The number of nitrogens with zero attached hydrogens (tertiary/aromatic N) is 1. The van der Waals surface area contributed by atoms with Crippen molar-refractivity contribution in [2.45, 2.75) is 51.2 Å². The van der Waals surface area contributed by atoms with E-state index in [2.05, 4.69) is 5.32 Å². The van der Waals surface area contributed by atoms with Gasteiger partial charge in [-0.1, -0.05) is 54.2 Å². The van der Waals surface area contributed by atoms with Gasteiger partial charge in [-0.05, 0) is 49.6 Å². The Balaban J connectivity index is 1.75. The Morgan fingerprint density at radius 2 is 1.78 bits per heavy atom. The summed E-state index contributed by atoms with van der Waals surface area (Å²) in [5, 5.41) is 3.90. The van der Waals surface area contributed by atoms with Gasteiger partial charge in [0.05, 0.1) is 17.2 Å². The first kappa shape index (κ1) is 24.2. The van der Waals surface area contributed by atoms with Gasteiger partial charge in [0, 0.05) is 12.6 Å². The van der Waals surface area contributed by atoms with Crippen molar-refractivity contribution in [3.63, 3.8) is 0 Å². The van der Waals surface area contributed by atoms with Crippen LogP contribution in [0.2, 0.25) is 10.0 Å². The molecule has 1 aliphatic carbocycles. The quantitative estimate of drug-likeness (QED) is 0.558. The lowest BCUT2D eigenvalue weighted by atomic mass is 10.1. The Hall–Kier alpha value is -2.44. The van der Waals surface area contributed by atoms with Crippen LogP contribution in [0.1, 0.15) is 38.2 Å². The van der Waals surface area contributed by atoms with Crippen LogP contribution in [0.15, 0.2) is 42.5 Å². The second-order valence-electron chi connectivity index (χ2n) is 7.88. The summed E-state index contributed by atoms with van der Waals surface area (Å²) in [6.45, 7) is 1.69. The summed E-state index contributed by atoms with van der Waals surface area (Å²) in [4.78, 5) is 27.6. The molecule has 0 aromatic heterocycles. The molecule has 1 fully saturated rings. The molecule has 0 bridgehead atoms. The number of methoxy groups -OCH3 is 1. The molecular formula is C24H28Cl2N2O4. The number of hydrogen-bond acceptors (Lipinski definition) is 4. The van der Waals surface area contributed by atoms with Crippen LogP contribution in [0.25, 0.3) is 0 Å². The second-order valence-corrected chi connectivity index (χ2v) is 8.69. The van der Waals surface area contributed by atoms with Crippen LogP contribution >= 0.6 is 23.2 Å². The molecule has 0 heterocycles. The molecule has 0 spiro atoms. The fraction of sp³-hybridized carbons (Fsp3) is 0.417. The number of amides is 2. The molecule has 0 aliphatic heterocycles. The number of nitrogens with one attached hydrogen (secondary N) is 1. The van der Waals surface area contributed by atoms with Crippen LogP contribution < -0.4 is 14.8 Å². The lowest BCUT2D eigenvalue weighted by Crippen LogP contribution is -2.50. The van der Waals surface area contributed by atoms with Crippen molar-refractivity contribution < 1.29 is 19.1 Å². The van der Waals surface area contributed by atoms with Gasteiger partial charge in [-0.25, -0.2) is 0 Å². The molecule has 8 heteroatoms. The number of carbonyl (C=O) groups is 2. The summed E-state index contributed by atoms with van der Waals surface area (Å²) in [7, 11) is 1.54. The monoisotopic (exact) mass is 478 g/mol. The fourth-order valence-corrected chi connectivity index (χ4v) is 4.09. The van der Waals surface area contributed by atoms with Gasteiger partial charge in [0.25, 0.3) is 5.91 Å². The highest BCUT2D eigenvalue weighted by atomic mass is 35.5. The number of para-hydroxylation sites is 2. The van der Waals surface area contributed by atoms with Crippen molar-refractivity contribution in [1.29, 1.82) is 0 Å². The van der Waals surface area contributed by atoms with Crippen LogP contribution in [0.3, 0.4) is 0 Å². The zero-order valence-electron chi connectivity index (χ0n) is 18.3. The fourth-order valence-electron chi connectivity index (χ4n) is 3.77. The average molecular weight is 479 g/mol. The van der Waals surface area contributed by atoms with Gasteiger partial charge in [-0.15, -0.1) is 0 Å². The maximum Gasteiger partial charge on any atom is 0.261 e. The van der Waals surface area contributed by atoms with E-state index in [9.17, 15) is 9.59 Å². The van der Waals surface area contributed by atoms with Crippen molar-refractivity contribution in [3.05, 3.63) is 58.1 Å². The molecule has 1 N–H and O–H groups in total. The number of halogens is 2. The smallest absolute Gasteiger partial charge is 0.261 e. The van der Waals surface area contributed by atoms with Crippen molar-refractivity contribution in [2.24, 2.45) is 0 Å². The van der Waals surface area contributed by atoms with E-state index >= 15 is 0 Å². The number of ether oxygens (including phenoxy) is 2. The van der Waals surface area contributed by atoms with Gasteiger partial charge in [0.15, 0.2) is 18.1 Å². The first-order valence-corrected chi connectivity index (χ1v) is 11.4. The molecule has 3 rings (SSSR count). The Morgan fingerprint density at radius 1 is 1.09 bits per heavy atom. The summed E-state index contributed by atoms with van der Waals surface area (Å²) in [6, 6.07) is 11.7. The topological polar surface area (TPSA) is 67.9 Å². The van der Waals surface area contributed by atoms with E-state index < -0.39 is 6.04 Å². The van der Waals surface area contributed by atoms with Gasteiger partial charge in [0.1, 0.15) is 6.04 Å². The second kappa shape index (κ2) is 11.4. The molecule has 0 unspecified atom stereocenters. The van der Waals surface area contributed by atoms with E-state index in [-0.39, 0.29) is 31.0 Å². The SMILES string of the molecule is COc1ccccc1OCC(=O)N(Cc1ccc(Cl)c(Cl)c1)[C@H](C)C(=O)NC1CCCC1. The van der Waals surface area contributed by atoms with Crippen LogP contribution in [0.4, 0.5) is 0 Å². The molecule has 172 valence electrons. The third kappa shape index (κ3) is 6.30. The molecule has 1 saturated carbocycles. The normalized spacial score (nSPS) is 14.6. The van der Waals surface area contributed by atoms with Crippen molar-refractivity contribution in [3.8, 4) is 11.5 Å². The lowest BCUT2D eigenvalue weighted by Gasteiger charge is -2.30. The third-order valence-corrected chi connectivity index (χ3v) is 6.37. The Morgan fingerprint density at radius 3 is 2.44 bits per heavy atom. The molecule has 1 atom stereocenters. The molecule has 0 saturated heterocycles. The highest BCUT2D eigenvalue weighted by Crippen LogP contribution is 2.27. The predicted octanol–water partition coefficient (Wildman–Crippen LogP) is 4.86. The van der Waals surface area contributed by atoms with E-state index in [0.29, 0.717) is 21.5 Å². The first-order chi connectivity index (χ1) is 15.4. The Bertz CT molecular complexity index is 947. The van der Waals surface area contributed by atoms with E-state index in [1.807, 2.05) is 6.07 Å². The summed E-state index contributed by atoms with van der Waals surface area (Å²) < 4.78 is 11.0. The zero-order valence-corrected chi connectivity index (χ0v) is 19.8. The van der Waals surface area contributed by atoms with Crippen LogP contribution in [0, 0.1) is 0 Å². The number of carbonyl (C=O) groups excluding carboxylic acids is 2. The number of rotatable bonds is 9. The zero-order chi connectivity index (χ0) is 23.1. The standard InChI is InChI=1S/C24H28Cl2N2O4/c1-16(24(30)27-18-7-3-4-8-18)28(14-17-11-12-19(25)20(26)13-17)23(29)15-32-22-10-6-5-9-21(22)31-2/h5-6,9-13,16,18H,3-4,7-8,14-15H2,1-2H3,(H,27,30)/t16-/m1/s1. The molecule has 6 nitrogen and oxygen atoms in total. The van der Waals surface area contributed by atoms with Crippen molar-refractivity contribution in [2.75, 3.05) is 13.7 Å². The van der Waals surface area contributed by atoms with Crippen molar-refractivity contribution >= 4 is 35.0 Å². The molecule has 32 heavy (non-hydrogen) atoms. The van der Waals surface area contributed by atoms with E-state index in [1.165, 1.54) is 12.0 Å². The molecule has 0 radical (unpaired) electrons. The minimum atomic E-state index is -0.682.